The largest absolute Gasteiger partial charge is 0.496 e. The van der Waals surface area contributed by atoms with Gasteiger partial charge in [0.2, 0.25) is 5.91 Å². The van der Waals surface area contributed by atoms with E-state index in [4.69, 9.17) is 4.74 Å². The van der Waals surface area contributed by atoms with Gasteiger partial charge in [0, 0.05) is 18.7 Å². The maximum Gasteiger partial charge on any atom is 0.255 e. The SMILES string of the molecule is COc1ccccc1C(=O)NCCC(=O)Nc1ccc(C)cc1C. The van der Waals surface area contributed by atoms with Crippen molar-refractivity contribution < 1.29 is 14.3 Å². The predicted molar refractivity (Wildman–Crippen MR) is 94.5 cm³/mol. The zero-order valence-corrected chi connectivity index (χ0v) is 14.2. The first kappa shape index (κ1) is 17.5. The fourth-order valence-corrected chi connectivity index (χ4v) is 2.38. The molecule has 0 radical (unpaired) electrons. The van der Waals surface area contributed by atoms with Crippen molar-refractivity contribution in [2.24, 2.45) is 0 Å². The molecule has 0 unspecified atom stereocenters. The average Bonchev–Trinajstić information content (AvgIpc) is 2.57. The molecule has 5 heteroatoms. The Balaban J connectivity index is 1.85. The number of ether oxygens (including phenoxy) is 1. The Morgan fingerprint density at radius 1 is 1.08 bits per heavy atom. The van der Waals surface area contributed by atoms with Crippen molar-refractivity contribution in [2.45, 2.75) is 20.3 Å². The molecule has 0 bridgehead atoms. The van der Waals surface area contributed by atoms with Crippen molar-refractivity contribution in [2.75, 3.05) is 19.0 Å². The number of rotatable bonds is 6. The van der Waals surface area contributed by atoms with E-state index in [1.165, 1.54) is 7.11 Å². The molecule has 0 saturated carbocycles. The van der Waals surface area contributed by atoms with Gasteiger partial charge in [0.05, 0.1) is 12.7 Å². The van der Waals surface area contributed by atoms with Crippen LogP contribution >= 0.6 is 0 Å². The molecule has 0 aromatic heterocycles. The molecule has 0 heterocycles. The van der Waals surface area contributed by atoms with Gasteiger partial charge in [0.1, 0.15) is 5.75 Å². The fraction of sp³-hybridized carbons (Fsp3) is 0.263. The Labute approximate surface area is 142 Å². The van der Waals surface area contributed by atoms with E-state index in [1.807, 2.05) is 32.0 Å². The van der Waals surface area contributed by atoms with Crippen LogP contribution in [0, 0.1) is 13.8 Å². The fourth-order valence-electron chi connectivity index (χ4n) is 2.38. The minimum Gasteiger partial charge on any atom is -0.496 e. The van der Waals surface area contributed by atoms with Gasteiger partial charge in [-0.25, -0.2) is 0 Å². The van der Waals surface area contributed by atoms with Crippen molar-refractivity contribution in [3.8, 4) is 5.75 Å². The summed E-state index contributed by atoms with van der Waals surface area (Å²) in [7, 11) is 1.52. The summed E-state index contributed by atoms with van der Waals surface area (Å²) >= 11 is 0. The molecular formula is C19H22N2O3. The zero-order chi connectivity index (χ0) is 17.5. The maximum atomic E-state index is 12.1. The molecule has 0 aliphatic heterocycles. The zero-order valence-electron chi connectivity index (χ0n) is 14.2. The summed E-state index contributed by atoms with van der Waals surface area (Å²) in [5, 5.41) is 5.59. The average molecular weight is 326 g/mol. The van der Waals surface area contributed by atoms with Gasteiger partial charge >= 0.3 is 0 Å². The van der Waals surface area contributed by atoms with Crippen LogP contribution in [0.5, 0.6) is 5.75 Å². The number of benzene rings is 2. The normalized spacial score (nSPS) is 10.1. The lowest BCUT2D eigenvalue weighted by Crippen LogP contribution is -2.28. The van der Waals surface area contributed by atoms with E-state index >= 15 is 0 Å². The molecule has 0 fully saturated rings. The Hall–Kier alpha value is -2.82. The van der Waals surface area contributed by atoms with Crippen molar-refractivity contribution in [3.63, 3.8) is 0 Å². The second kappa shape index (κ2) is 8.15. The number of amides is 2. The molecule has 0 aliphatic rings. The minimum atomic E-state index is -0.258. The van der Waals surface area contributed by atoms with Gasteiger partial charge < -0.3 is 15.4 Å². The molecule has 0 spiro atoms. The Kier molecular flexibility index (Phi) is 5.95. The van der Waals surface area contributed by atoms with Crippen molar-refractivity contribution in [1.29, 1.82) is 0 Å². The van der Waals surface area contributed by atoms with Crippen LogP contribution in [0.15, 0.2) is 42.5 Å². The molecule has 0 saturated heterocycles. The molecule has 2 rings (SSSR count). The number of carbonyl (C=O) groups excluding carboxylic acids is 2. The van der Waals surface area contributed by atoms with Gasteiger partial charge in [0.25, 0.3) is 5.91 Å². The summed E-state index contributed by atoms with van der Waals surface area (Å²) in [6.07, 6.45) is 0.203. The summed E-state index contributed by atoms with van der Waals surface area (Å²) in [5.41, 5.74) is 3.41. The van der Waals surface area contributed by atoms with Crippen molar-refractivity contribution in [1.82, 2.24) is 5.32 Å². The van der Waals surface area contributed by atoms with Gasteiger partial charge in [-0.1, -0.05) is 29.8 Å². The van der Waals surface area contributed by atoms with E-state index in [0.717, 1.165) is 16.8 Å². The highest BCUT2D eigenvalue weighted by molar-refractivity contribution is 5.97. The predicted octanol–water partition coefficient (Wildman–Crippen LogP) is 3.07. The summed E-state index contributed by atoms with van der Waals surface area (Å²) in [4.78, 5) is 24.1. The van der Waals surface area contributed by atoms with E-state index in [2.05, 4.69) is 10.6 Å². The van der Waals surface area contributed by atoms with Gasteiger partial charge in [-0.05, 0) is 37.6 Å². The topological polar surface area (TPSA) is 67.4 Å². The number of nitrogens with one attached hydrogen (secondary N) is 2. The Morgan fingerprint density at radius 3 is 2.54 bits per heavy atom. The Morgan fingerprint density at radius 2 is 1.83 bits per heavy atom. The lowest BCUT2D eigenvalue weighted by atomic mass is 10.1. The summed E-state index contributed by atoms with van der Waals surface area (Å²) in [6, 6.07) is 12.8. The second-order valence-electron chi connectivity index (χ2n) is 5.57. The molecule has 0 atom stereocenters. The van der Waals surface area contributed by atoms with Crippen LogP contribution in [0.2, 0.25) is 0 Å². The second-order valence-corrected chi connectivity index (χ2v) is 5.57. The van der Waals surface area contributed by atoms with Crippen molar-refractivity contribution >= 4 is 17.5 Å². The quantitative estimate of drug-likeness (QED) is 0.857. The van der Waals surface area contributed by atoms with Gasteiger partial charge in [-0.2, -0.15) is 0 Å². The molecular weight excluding hydrogens is 304 g/mol. The highest BCUT2D eigenvalue weighted by atomic mass is 16.5. The third kappa shape index (κ3) is 4.59. The van der Waals surface area contributed by atoms with Crippen LogP contribution in [0.25, 0.3) is 0 Å². The molecule has 24 heavy (non-hydrogen) atoms. The molecule has 0 aliphatic carbocycles. The number of aryl methyl sites for hydroxylation is 2. The van der Waals surface area contributed by atoms with Crippen LogP contribution in [0.1, 0.15) is 27.9 Å². The van der Waals surface area contributed by atoms with Crippen LogP contribution in [-0.4, -0.2) is 25.5 Å². The number of carbonyl (C=O) groups is 2. The van der Waals surface area contributed by atoms with E-state index in [9.17, 15) is 9.59 Å². The lowest BCUT2D eigenvalue weighted by Gasteiger charge is -2.11. The van der Waals surface area contributed by atoms with Crippen LogP contribution in [0.4, 0.5) is 5.69 Å². The monoisotopic (exact) mass is 326 g/mol. The third-order valence-electron chi connectivity index (χ3n) is 3.65. The summed E-state index contributed by atoms with van der Waals surface area (Å²) < 4.78 is 5.16. The van der Waals surface area contributed by atoms with E-state index in [-0.39, 0.29) is 24.8 Å². The van der Waals surface area contributed by atoms with Gasteiger partial charge in [-0.15, -0.1) is 0 Å². The van der Waals surface area contributed by atoms with Crippen LogP contribution < -0.4 is 15.4 Å². The number of anilines is 1. The molecule has 2 N–H and O–H groups in total. The number of hydrogen-bond donors (Lipinski definition) is 2. The minimum absolute atomic E-state index is 0.137. The first-order valence-electron chi connectivity index (χ1n) is 7.79. The highest BCUT2D eigenvalue weighted by Crippen LogP contribution is 2.17. The van der Waals surface area contributed by atoms with E-state index < -0.39 is 0 Å². The number of para-hydroxylation sites is 1. The molecule has 2 aromatic rings. The highest BCUT2D eigenvalue weighted by Gasteiger charge is 2.11. The smallest absolute Gasteiger partial charge is 0.255 e. The molecule has 2 amide bonds. The van der Waals surface area contributed by atoms with E-state index in [0.29, 0.717) is 11.3 Å². The molecule has 2 aromatic carbocycles. The summed E-state index contributed by atoms with van der Waals surface area (Å²) in [5.74, 6) is 0.115. The first-order valence-corrected chi connectivity index (χ1v) is 7.79. The van der Waals surface area contributed by atoms with Crippen LogP contribution in [0.3, 0.4) is 0 Å². The van der Waals surface area contributed by atoms with Crippen molar-refractivity contribution in [3.05, 3.63) is 59.2 Å². The lowest BCUT2D eigenvalue weighted by molar-refractivity contribution is -0.116. The van der Waals surface area contributed by atoms with Gasteiger partial charge in [0.15, 0.2) is 0 Å². The standard InChI is InChI=1S/C19H22N2O3/c1-13-8-9-16(14(2)12-13)21-18(22)10-11-20-19(23)15-6-4-5-7-17(15)24-3/h4-9,12H,10-11H2,1-3H3,(H,20,23)(H,21,22). The third-order valence-corrected chi connectivity index (χ3v) is 3.65. The Bertz CT molecular complexity index is 741. The number of hydrogen-bond acceptors (Lipinski definition) is 3. The van der Waals surface area contributed by atoms with E-state index in [1.54, 1.807) is 24.3 Å². The first-order chi connectivity index (χ1) is 11.5. The maximum absolute atomic E-state index is 12.1. The molecule has 5 nitrogen and oxygen atoms in total. The number of methoxy groups -OCH3 is 1. The van der Waals surface area contributed by atoms with Crippen LogP contribution in [-0.2, 0) is 4.79 Å². The van der Waals surface area contributed by atoms with Gasteiger partial charge in [-0.3, -0.25) is 9.59 Å². The molecule has 126 valence electrons. The summed E-state index contributed by atoms with van der Waals surface area (Å²) in [6.45, 7) is 4.21.